The second-order valence-corrected chi connectivity index (χ2v) is 6.79. The van der Waals surface area contributed by atoms with Gasteiger partial charge in [-0.1, -0.05) is 11.6 Å². The number of nitrogens with two attached hydrogens (primary N) is 1. The highest BCUT2D eigenvalue weighted by molar-refractivity contribution is 7.92. The molecule has 0 saturated carbocycles. The molecule has 5 nitrogen and oxygen atoms in total. The lowest BCUT2D eigenvalue weighted by molar-refractivity contribution is 0.601. The molecule has 0 aromatic heterocycles. The lowest BCUT2D eigenvalue weighted by Gasteiger charge is -2.14. The van der Waals surface area contributed by atoms with Crippen LogP contribution in [0.25, 0.3) is 0 Å². The first-order valence-electron chi connectivity index (χ1n) is 6.15. The molecule has 0 radical (unpaired) electrons. The Balaban J connectivity index is 2.31. The molecule has 0 aliphatic heterocycles. The molecule has 0 unspecified atom stereocenters. The van der Waals surface area contributed by atoms with Gasteiger partial charge >= 0.3 is 0 Å². The van der Waals surface area contributed by atoms with Crippen LogP contribution in [0.2, 0.25) is 5.02 Å². The predicted molar refractivity (Wildman–Crippen MR) is 87.4 cm³/mol. The van der Waals surface area contributed by atoms with E-state index in [-0.39, 0.29) is 9.92 Å². The van der Waals surface area contributed by atoms with Gasteiger partial charge in [0, 0.05) is 31.2 Å². The van der Waals surface area contributed by atoms with Crippen molar-refractivity contribution in [3.05, 3.63) is 47.5 Å². The number of benzene rings is 2. The molecule has 0 aliphatic rings. The molecule has 112 valence electrons. The van der Waals surface area contributed by atoms with E-state index in [9.17, 15) is 8.42 Å². The van der Waals surface area contributed by atoms with Crippen molar-refractivity contribution in [1.29, 1.82) is 0 Å². The molecule has 7 heteroatoms. The van der Waals surface area contributed by atoms with Crippen LogP contribution in [-0.4, -0.2) is 22.5 Å². The molecule has 21 heavy (non-hydrogen) atoms. The van der Waals surface area contributed by atoms with E-state index in [1.165, 1.54) is 12.1 Å². The molecular weight excluding hydrogens is 310 g/mol. The first-order chi connectivity index (χ1) is 9.79. The fourth-order valence-electron chi connectivity index (χ4n) is 1.76. The summed E-state index contributed by atoms with van der Waals surface area (Å²) in [5, 5.41) is 0.126. The maximum Gasteiger partial charge on any atom is 0.263 e. The van der Waals surface area contributed by atoms with Gasteiger partial charge in [-0.25, -0.2) is 8.42 Å². The van der Waals surface area contributed by atoms with E-state index in [1.807, 2.05) is 31.1 Å². The van der Waals surface area contributed by atoms with Crippen molar-refractivity contribution in [3.63, 3.8) is 0 Å². The van der Waals surface area contributed by atoms with Gasteiger partial charge in [0.1, 0.15) is 4.90 Å². The smallest absolute Gasteiger partial charge is 0.263 e. The summed E-state index contributed by atoms with van der Waals surface area (Å²) in [5.41, 5.74) is 7.38. The Morgan fingerprint density at radius 3 is 2.29 bits per heavy atom. The first kappa shape index (κ1) is 15.5. The van der Waals surface area contributed by atoms with Gasteiger partial charge in [-0.15, -0.1) is 0 Å². The minimum atomic E-state index is -3.78. The van der Waals surface area contributed by atoms with Crippen LogP contribution < -0.4 is 15.4 Å². The molecule has 0 aliphatic carbocycles. The topological polar surface area (TPSA) is 75.4 Å². The molecular formula is C14H16ClN3O2S. The van der Waals surface area contributed by atoms with Crippen molar-refractivity contribution in [3.8, 4) is 0 Å². The maximum atomic E-state index is 12.3. The molecule has 0 saturated heterocycles. The van der Waals surface area contributed by atoms with Crippen LogP contribution in [0, 0.1) is 0 Å². The van der Waals surface area contributed by atoms with Crippen molar-refractivity contribution in [1.82, 2.24) is 0 Å². The first-order valence-corrected chi connectivity index (χ1v) is 8.01. The summed E-state index contributed by atoms with van der Waals surface area (Å²) < 4.78 is 27.1. The number of hydrogen-bond donors (Lipinski definition) is 2. The van der Waals surface area contributed by atoms with Gasteiger partial charge in [0.25, 0.3) is 10.0 Å². The standard InChI is InChI=1S/C14H16ClN3O2S/c1-18(2)12-6-4-11(5-7-12)17-21(19,20)14-9-10(16)3-8-13(14)15/h3-9,17H,16H2,1-2H3. The summed E-state index contributed by atoms with van der Waals surface area (Å²) in [6, 6.07) is 11.4. The van der Waals surface area contributed by atoms with E-state index < -0.39 is 10.0 Å². The third-order valence-electron chi connectivity index (χ3n) is 2.88. The summed E-state index contributed by atoms with van der Waals surface area (Å²) in [6.07, 6.45) is 0. The van der Waals surface area contributed by atoms with Gasteiger partial charge < -0.3 is 10.6 Å². The van der Waals surface area contributed by atoms with Crippen molar-refractivity contribution >= 4 is 38.7 Å². The molecule has 2 aromatic carbocycles. The largest absolute Gasteiger partial charge is 0.399 e. The average molecular weight is 326 g/mol. The summed E-state index contributed by atoms with van der Waals surface area (Å²) in [5.74, 6) is 0. The number of anilines is 3. The monoisotopic (exact) mass is 325 g/mol. The van der Waals surface area contributed by atoms with Crippen molar-refractivity contribution in [2.75, 3.05) is 29.5 Å². The minimum Gasteiger partial charge on any atom is -0.399 e. The quantitative estimate of drug-likeness (QED) is 0.848. The second kappa shape index (κ2) is 5.83. The third-order valence-corrected chi connectivity index (χ3v) is 4.74. The van der Waals surface area contributed by atoms with Gasteiger partial charge in [0.15, 0.2) is 0 Å². The second-order valence-electron chi connectivity index (χ2n) is 4.74. The van der Waals surface area contributed by atoms with Crippen LogP contribution >= 0.6 is 11.6 Å². The number of hydrogen-bond acceptors (Lipinski definition) is 4. The van der Waals surface area contributed by atoms with Crippen LogP contribution in [0.5, 0.6) is 0 Å². The molecule has 0 atom stereocenters. The highest BCUT2D eigenvalue weighted by Crippen LogP contribution is 2.26. The van der Waals surface area contributed by atoms with Gasteiger partial charge in [0.2, 0.25) is 0 Å². The Kier molecular flexibility index (Phi) is 4.29. The van der Waals surface area contributed by atoms with E-state index in [1.54, 1.807) is 18.2 Å². The molecule has 0 spiro atoms. The van der Waals surface area contributed by atoms with Crippen LogP contribution in [0.1, 0.15) is 0 Å². The van der Waals surface area contributed by atoms with Crippen molar-refractivity contribution in [2.45, 2.75) is 4.90 Å². The van der Waals surface area contributed by atoms with E-state index in [2.05, 4.69) is 4.72 Å². The predicted octanol–water partition coefficient (Wildman–Crippen LogP) is 2.79. The van der Waals surface area contributed by atoms with E-state index >= 15 is 0 Å². The Hall–Kier alpha value is -1.92. The van der Waals surface area contributed by atoms with Crippen molar-refractivity contribution in [2.24, 2.45) is 0 Å². The van der Waals surface area contributed by atoms with Crippen LogP contribution in [0.15, 0.2) is 47.4 Å². The number of nitrogen functional groups attached to an aromatic ring is 1. The summed E-state index contributed by atoms with van der Waals surface area (Å²) >= 11 is 5.93. The summed E-state index contributed by atoms with van der Waals surface area (Å²) in [7, 11) is 0.0417. The highest BCUT2D eigenvalue weighted by Gasteiger charge is 2.18. The summed E-state index contributed by atoms with van der Waals surface area (Å²) in [6.45, 7) is 0. The van der Waals surface area contributed by atoms with Gasteiger partial charge in [-0.05, 0) is 42.5 Å². The van der Waals surface area contributed by atoms with Crippen LogP contribution in [-0.2, 0) is 10.0 Å². The minimum absolute atomic E-state index is 0.0409. The molecule has 0 amide bonds. The number of halogens is 1. The zero-order chi connectivity index (χ0) is 15.6. The average Bonchev–Trinajstić information content (AvgIpc) is 2.41. The normalized spacial score (nSPS) is 11.2. The summed E-state index contributed by atoms with van der Waals surface area (Å²) in [4.78, 5) is 1.88. The molecule has 0 bridgehead atoms. The lowest BCUT2D eigenvalue weighted by atomic mass is 10.3. The van der Waals surface area contributed by atoms with E-state index in [0.29, 0.717) is 11.4 Å². The van der Waals surface area contributed by atoms with Crippen molar-refractivity contribution < 1.29 is 8.42 Å². The molecule has 0 heterocycles. The van der Waals surface area contributed by atoms with Gasteiger partial charge in [-0.3, -0.25) is 4.72 Å². The fourth-order valence-corrected chi connectivity index (χ4v) is 3.36. The number of nitrogens with zero attached hydrogens (tertiary/aromatic N) is 1. The fraction of sp³-hybridized carbons (Fsp3) is 0.143. The molecule has 3 N–H and O–H groups in total. The van der Waals surface area contributed by atoms with Gasteiger partial charge in [-0.2, -0.15) is 0 Å². The Bertz CT molecular complexity index is 743. The van der Waals surface area contributed by atoms with E-state index in [0.717, 1.165) is 5.69 Å². The number of nitrogens with one attached hydrogen (secondary N) is 1. The highest BCUT2D eigenvalue weighted by atomic mass is 35.5. The maximum absolute atomic E-state index is 12.3. The molecule has 2 aromatic rings. The zero-order valence-electron chi connectivity index (χ0n) is 11.7. The van der Waals surface area contributed by atoms with Crippen LogP contribution in [0.4, 0.5) is 17.1 Å². The Morgan fingerprint density at radius 1 is 1.10 bits per heavy atom. The zero-order valence-corrected chi connectivity index (χ0v) is 13.2. The number of rotatable bonds is 4. The van der Waals surface area contributed by atoms with E-state index in [4.69, 9.17) is 17.3 Å². The Morgan fingerprint density at radius 2 is 1.71 bits per heavy atom. The lowest BCUT2D eigenvalue weighted by Crippen LogP contribution is -2.14. The SMILES string of the molecule is CN(C)c1ccc(NS(=O)(=O)c2cc(N)ccc2Cl)cc1. The molecule has 2 rings (SSSR count). The van der Waals surface area contributed by atoms with Gasteiger partial charge in [0.05, 0.1) is 5.02 Å². The molecule has 0 fully saturated rings. The van der Waals surface area contributed by atoms with Crippen LogP contribution in [0.3, 0.4) is 0 Å². The number of sulfonamides is 1. The Labute approximate surface area is 129 Å². The third kappa shape index (κ3) is 3.59.